The zero-order valence-corrected chi connectivity index (χ0v) is 17.7. The molecular formula is C22H23N3O2S2. The highest BCUT2D eigenvalue weighted by Crippen LogP contribution is 2.41. The van der Waals surface area contributed by atoms with Crippen LogP contribution >= 0.6 is 24.0 Å². The lowest BCUT2D eigenvalue weighted by Crippen LogP contribution is -2.30. The van der Waals surface area contributed by atoms with Gasteiger partial charge in [-0.1, -0.05) is 35.5 Å². The normalized spacial score (nSPS) is 18.8. The Balaban J connectivity index is 1.62. The van der Waals surface area contributed by atoms with Crippen LogP contribution in [0.25, 0.3) is 0 Å². The number of hydrogen-bond donors (Lipinski definition) is 2. The van der Waals surface area contributed by atoms with Crippen LogP contribution in [0.2, 0.25) is 0 Å². The Morgan fingerprint density at radius 2 is 2.00 bits per heavy atom. The van der Waals surface area contributed by atoms with Gasteiger partial charge >= 0.3 is 0 Å². The number of nitrogens with zero attached hydrogens (tertiary/aromatic N) is 2. The van der Waals surface area contributed by atoms with Crippen molar-refractivity contribution in [2.24, 2.45) is 0 Å². The molecule has 150 valence electrons. The maximum Gasteiger partial charge on any atom is 0.170 e. The van der Waals surface area contributed by atoms with Crippen molar-refractivity contribution in [3.05, 3.63) is 77.8 Å². The second-order valence-corrected chi connectivity index (χ2v) is 8.43. The first-order valence-electron chi connectivity index (χ1n) is 9.59. The van der Waals surface area contributed by atoms with Crippen LogP contribution in [0.15, 0.2) is 75.2 Å². The third kappa shape index (κ3) is 4.47. The number of aliphatic hydroxyl groups is 1. The van der Waals surface area contributed by atoms with Crippen molar-refractivity contribution in [3.8, 4) is 0 Å². The molecule has 1 saturated heterocycles. The van der Waals surface area contributed by atoms with E-state index < -0.39 is 0 Å². The second-order valence-electron chi connectivity index (χ2n) is 6.97. The molecule has 0 bridgehead atoms. The molecule has 1 aliphatic rings. The number of thiocarbonyl (C=S) groups is 1. The maximum atomic E-state index is 9.31. The van der Waals surface area contributed by atoms with E-state index in [4.69, 9.17) is 16.6 Å². The molecule has 0 unspecified atom stereocenters. The molecule has 4 rings (SSSR count). The number of rotatable bonds is 7. The molecule has 0 saturated carbocycles. The third-order valence-corrected chi connectivity index (χ3v) is 6.17. The molecule has 3 heterocycles. The summed E-state index contributed by atoms with van der Waals surface area (Å²) in [6, 6.07) is 18.0. The second kappa shape index (κ2) is 8.98. The standard InChI is InChI=1S/C22H23N3O2S2/c1-15-6-8-16(9-7-15)29-19-11-10-18(27-19)21-20(17-5-2-3-12-23-17)24-22(28)25(21)13-4-14-26/h2-3,5-12,20-21,26H,4,13-14H2,1H3,(H,24,28)/t20-,21-/m1/s1. The predicted octanol–water partition coefficient (Wildman–Crippen LogP) is 4.49. The number of benzene rings is 1. The van der Waals surface area contributed by atoms with Crippen molar-refractivity contribution < 1.29 is 9.52 Å². The Labute approximate surface area is 180 Å². The first kappa shape index (κ1) is 19.9. The molecule has 3 aromatic rings. The van der Waals surface area contributed by atoms with E-state index in [-0.39, 0.29) is 18.7 Å². The fourth-order valence-electron chi connectivity index (χ4n) is 3.47. The van der Waals surface area contributed by atoms with E-state index in [0.29, 0.717) is 18.1 Å². The van der Waals surface area contributed by atoms with Crippen molar-refractivity contribution in [2.75, 3.05) is 13.2 Å². The predicted molar refractivity (Wildman–Crippen MR) is 118 cm³/mol. The number of furan rings is 1. The van der Waals surface area contributed by atoms with Gasteiger partial charge in [0.2, 0.25) is 0 Å². The van der Waals surface area contributed by atoms with Crippen molar-refractivity contribution in [3.63, 3.8) is 0 Å². The summed E-state index contributed by atoms with van der Waals surface area (Å²) in [5.74, 6) is 0.834. The molecule has 2 N–H and O–H groups in total. The summed E-state index contributed by atoms with van der Waals surface area (Å²) in [4.78, 5) is 7.74. The summed E-state index contributed by atoms with van der Waals surface area (Å²) < 4.78 is 6.24. The molecule has 5 nitrogen and oxygen atoms in total. The van der Waals surface area contributed by atoms with Crippen LogP contribution in [0.1, 0.15) is 35.5 Å². The van der Waals surface area contributed by atoms with E-state index in [1.807, 2.05) is 30.3 Å². The molecule has 1 aliphatic heterocycles. The Bertz CT molecular complexity index is 960. The number of aromatic nitrogens is 1. The van der Waals surface area contributed by atoms with Crippen molar-refractivity contribution in [1.29, 1.82) is 0 Å². The lowest BCUT2D eigenvalue weighted by atomic mass is 10.0. The van der Waals surface area contributed by atoms with Gasteiger partial charge < -0.3 is 19.7 Å². The monoisotopic (exact) mass is 425 g/mol. The summed E-state index contributed by atoms with van der Waals surface area (Å²) in [5.41, 5.74) is 2.15. The molecule has 7 heteroatoms. The van der Waals surface area contributed by atoms with Crippen molar-refractivity contribution in [2.45, 2.75) is 35.4 Å². The van der Waals surface area contributed by atoms with E-state index in [1.165, 1.54) is 5.56 Å². The van der Waals surface area contributed by atoms with E-state index in [1.54, 1.807) is 18.0 Å². The van der Waals surface area contributed by atoms with Crippen molar-refractivity contribution >= 4 is 29.1 Å². The number of aryl methyl sites for hydroxylation is 1. The summed E-state index contributed by atoms with van der Waals surface area (Å²) in [7, 11) is 0. The molecular weight excluding hydrogens is 402 g/mol. The van der Waals surface area contributed by atoms with Crippen LogP contribution in [-0.4, -0.2) is 33.3 Å². The van der Waals surface area contributed by atoms with Crippen LogP contribution in [0.4, 0.5) is 0 Å². The van der Waals surface area contributed by atoms with E-state index in [9.17, 15) is 5.11 Å². The molecule has 29 heavy (non-hydrogen) atoms. The molecule has 0 spiro atoms. The smallest absolute Gasteiger partial charge is 0.170 e. The highest BCUT2D eigenvalue weighted by molar-refractivity contribution is 7.99. The Hall–Kier alpha value is -2.35. The molecule has 1 aromatic carbocycles. The maximum absolute atomic E-state index is 9.31. The fourth-order valence-corrected chi connectivity index (χ4v) is 4.58. The van der Waals surface area contributed by atoms with E-state index in [2.05, 4.69) is 46.4 Å². The first-order chi connectivity index (χ1) is 14.2. The molecule has 0 aliphatic carbocycles. The summed E-state index contributed by atoms with van der Waals surface area (Å²) in [6.45, 7) is 2.85. The molecule has 1 fully saturated rings. The topological polar surface area (TPSA) is 61.5 Å². The van der Waals surface area contributed by atoms with Gasteiger partial charge in [0.1, 0.15) is 11.8 Å². The Morgan fingerprint density at radius 3 is 2.72 bits per heavy atom. The molecule has 0 radical (unpaired) electrons. The molecule has 2 atom stereocenters. The van der Waals surface area contributed by atoms with Gasteiger partial charge in [-0.15, -0.1) is 0 Å². The third-order valence-electron chi connectivity index (χ3n) is 4.89. The highest BCUT2D eigenvalue weighted by Gasteiger charge is 2.41. The van der Waals surface area contributed by atoms with Gasteiger partial charge in [-0.3, -0.25) is 4.98 Å². The fraction of sp³-hybridized carbons (Fsp3) is 0.273. The number of aliphatic hydroxyl groups excluding tert-OH is 1. The summed E-state index contributed by atoms with van der Waals surface area (Å²) >= 11 is 7.19. The quantitative estimate of drug-likeness (QED) is 0.541. The van der Waals surface area contributed by atoms with Crippen LogP contribution in [0.5, 0.6) is 0 Å². The highest BCUT2D eigenvalue weighted by atomic mass is 32.2. The minimum atomic E-state index is -0.115. The lowest BCUT2D eigenvalue weighted by molar-refractivity contribution is 0.226. The SMILES string of the molecule is Cc1ccc(Sc2ccc([C@@H]3[C@@H](c4ccccn4)NC(=S)N3CCCO)o2)cc1. The average Bonchev–Trinajstić information content (AvgIpc) is 3.32. The van der Waals surface area contributed by atoms with E-state index in [0.717, 1.165) is 21.4 Å². The summed E-state index contributed by atoms with van der Waals surface area (Å²) in [6.07, 6.45) is 2.42. The number of hydrogen-bond acceptors (Lipinski definition) is 5. The van der Waals surface area contributed by atoms with Crippen molar-refractivity contribution in [1.82, 2.24) is 15.2 Å². The zero-order valence-electron chi connectivity index (χ0n) is 16.1. The van der Waals surface area contributed by atoms with Gasteiger partial charge in [0, 0.05) is 24.2 Å². The largest absolute Gasteiger partial charge is 0.452 e. The minimum absolute atomic E-state index is 0.106. The van der Waals surface area contributed by atoms with Gasteiger partial charge in [0.15, 0.2) is 10.2 Å². The van der Waals surface area contributed by atoms with Crippen LogP contribution in [0.3, 0.4) is 0 Å². The number of pyridine rings is 1. The van der Waals surface area contributed by atoms with Crippen LogP contribution in [-0.2, 0) is 0 Å². The average molecular weight is 426 g/mol. The number of nitrogens with one attached hydrogen (secondary N) is 1. The molecule has 0 amide bonds. The molecule has 2 aromatic heterocycles. The minimum Gasteiger partial charge on any atom is -0.452 e. The van der Waals surface area contributed by atoms with Gasteiger partial charge in [-0.05, 0) is 62.0 Å². The van der Waals surface area contributed by atoms with Gasteiger partial charge in [-0.2, -0.15) is 0 Å². The van der Waals surface area contributed by atoms with Crippen LogP contribution < -0.4 is 5.32 Å². The lowest BCUT2D eigenvalue weighted by Gasteiger charge is -2.25. The van der Waals surface area contributed by atoms with E-state index >= 15 is 0 Å². The summed E-state index contributed by atoms with van der Waals surface area (Å²) in [5, 5.41) is 14.2. The van der Waals surface area contributed by atoms with Gasteiger partial charge in [0.25, 0.3) is 0 Å². The van der Waals surface area contributed by atoms with Gasteiger partial charge in [0.05, 0.1) is 11.7 Å². The van der Waals surface area contributed by atoms with Gasteiger partial charge in [-0.25, -0.2) is 0 Å². The van der Waals surface area contributed by atoms with Crippen LogP contribution in [0, 0.1) is 6.92 Å². The Morgan fingerprint density at radius 1 is 1.17 bits per heavy atom. The Kier molecular flexibility index (Phi) is 6.18. The zero-order chi connectivity index (χ0) is 20.2. The first-order valence-corrected chi connectivity index (χ1v) is 10.8.